The van der Waals surface area contributed by atoms with Crippen LogP contribution in [-0.2, 0) is 24.5 Å². The number of ketones is 2. The number of fused-ring (bicyclic) bond motifs is 2. The third-order valence-electron chi connectivity index (χ3n) is 5.99. The Kier molecular flexibility index (Phi) is 5.25. The zero-order chi connectivity index (χ0) is 22.5. The molecular weight excluding hydrogens is 416 g/mol. The second-order valence-corrected chi connectivity index (χ2v) is 8.01. The maximum atomic E-state index is 13.8. The van der Waals surface area contributed by atoms with E-state index < -0.39 is 18.0 Å². The Hall–Kier alpha value is -2.78. The van der Waals surface area contributed by atoms with Crippen LogP contribution in [0.15, 0.2) is 30.3 Å². The first-order chi connectivity index (χ1) is 15.5. The molecule has 2 atom stereocenters. The molecular formula is C24H24O8. The summed E-state index contributed by atoms with van der Waals surface area (Å²) >= 11 is 0. The van der Waals surface area contributed by atoms with E-state index in [0.29, 0.717) is 35.8 Å². The van der Waals surface area contributed by atoms with Crippen LogP contribution in [0.4, 0.5) is 0 Å². The minimum atomic E-state index is -1.51. The minimum absolute atomic E-state index is 0.0322. The average molecular weight is 440 g/mol. The number of methoxy groups -OCH3 is 2. The second-order valence-electron chi connectivity index (χ2n) is 8.01. The predicted octanol–water partition coefficient (Wildman–Crippen LogP) is 3.10. The molecule has 0 spiro atoms. The van der Waals surface area contributed by atoms with Crippen LogP contribution in [0.1, 0.15) is 50.1 Å². The van der Waals surface area contributed by atoms with Crippen LogP contribution in [0, 0.1) is 6.92 Å². The summed E-state index contributed by atoms with van der Waals surface area (Å²) in [6.45, 7) is 2.93. The van der Waals surface area contributed by atoms with Gasteiger partial charge < -0.3 is 28.4 Å². The highest BCUT2D eigenvalue weighted by atomic mass is 16.7. The molecule has 1 aliphatic carbocycles. The zero-order valence-electron chi connectivity index (χ0n) is 18.1. The van der Waals surface area contributed by atoms with Crippen molar-refractivity contribution in [1.29, 1.82) is 0 Å². The van der Waals surface area contributed by atoms with Gasteiger partial charge in [0, 0.05) is 23.8 Å². The lowest BCUT2D eigenvalue weighted by atomic mass is 9.75. The van der Waals surface area contributed by atoms with Crippen LogP contribution < -0.4 is 9.47 Å². The molecule has 0 unspecified atom stereocenters. The molecule has 0 aromatic heterocycles. The van der Waals surface area contributed by atoms with E-state index in [2.05, 4.69) is 0 Å². The van der Waals surface area contributed by atoms with Crippen molar-refractivity contribution >= 4 is 11.6 Å². The van der Waals surface area contributed by atoms with Gasteiger partial charge in [-0.2, -0.15) is 0 Å². The highest BCUT2D eigenvalue weighted by Gasteiger charge is 2.72. The Balaban J connectivity index is 1.70. The summed E-state index contributed by atoms with van der Waals surface area (Å²) in [5.41, 5.74) is 0.953. The smallest absolute Gasteiger partial charge is 0.203 e. The van der Waals surface area contributed by atoms with Gasteiger partial charge in [0.25, 0.3) is 0 Å². The average Bonchev–Trinajstić information content (AvgIpc) is 3.58. The molecule has 3 aliphatic rings. The second kappa shape index (κ2) is 7.97. The van der Waals surface area contributed by atoms with Crippen molar-refractivity contribution in [2.24, 2.45) is 0 Å². The van der Waals surface area contributed by atoms with E-state index in [1.807, 2.05) is 13.0 Å². The van der Waals surface area contributed by atoms with Gasteiger partial charge in [-0.3, -0.25) is 9.59 Å². The standard InChI is InChI=1S/C24H24O8/c1-13-10-15(23-29-8-5-9-30-23)19(17(11-13)31-12-27-2)24-21(26)14-6-4-7-16(28-3)18(14)20(25)22(24)32-24/h4,6-7,10-11,22-23H,5,8-9,12H2,1-3H3/t22-,24+/m0/s1. The Morgan fingerprint density at radius 1 is 1.09 bits per heavy atom. The number of carbonyl (C=O) groups excluding carboxylic acids is 2. The molecule has 32 heavy (non-hydrogen) atoms. The summed E-state index contributed by atoms with van der Waals surface area (Å²) in [6, 6.07) is 8.65. The van der Waals surface area contributed by atoms with Crippen molar-refractivity contribution in [3.8, 4) is 11.5 Å². The van der Waals surface area contributed by atoms with E-state index >= 15 is 0 Å². The first kappa shape index (κ1) is 21.1. The van der Waals surface area contributed by atoms with Crippen molar-refractivity contribution in [1.82, 2.24) is 0 Å². The number of ether oxygens (including phenoxy) is 6. The fourth-order valence-electron chi connectivity index (χ4n) is 4.61. The number of hydrogen-bond donors (Lipinski definition) is 0. The summed E-state index contributed by atoms with van der Waals surface area (Å²) in [4.78, 5) is 27.2. The Morgan fingerprint density at radius 2 is 1.88 bits per heavy atom. The fraction of sp³-hybridized carbons (Fsp3) is 0.417. The normalized spacial score (nSPS) is 24.7. The molecule has 2 aliphatic heterocycles. The minimum Gasteiger partial charge on any atom is -0.496 e. The third-order valence-corrected chi connectivity index (χ3v) is 5.99. The quantitative estimate of drug-likeness (QED) is 0.500. The SMILES string of the molecule is COCOc1cc(C)cc(C2OCCCO2)c1[C@]12O[C@H]1C(=O)c1c(OC)cccc1C2=O. The summed E-state index contributed by atoms with van der Waals surface area (Å²) in [6.07, 6.45) is -0.898. The lowest BCUT2D eigenvalue weighted by molar-refractivity contribution is -0.183. The molecule has 0 N–H and O–H groups in total. The number of epoxide rings is 1. The molecule has 2 saturated heterocycles. The van der Waals surface area contributed by atoms with E-state index in [9.17, 15) is 9.59 Å². The van der Waals surface area contributed by atoms with Crippen molar-refractivity contribution in [3.05, 3.63) is 58.1 Å². The fourth-order valence-corrected chi connectivity index (χ4v) is 4.61. The molecule has 0 saturated carbocycles. The van der Waals surface area contributed by atoms with Crippen molar-refractivity contribution in [2.45, 2.75) is 31.3 Å². The number of hydrogen-bond acceptors (Lipinski definition) is 8. The molecule has 2 aromatic rings. The van der Waals surface area contributed by atoms with Gasteiger partial charge >= 0.3 is 0 Å². The molecule has 2 heterocycles. The highest BCUT2D eigenvalue weighted by Crippen LogP contribution is 2.58. The molecule has 5 rings (SSSR count). The number of carbonyl (C=O) groups is 2. The third kappa shape index (κ3) is 3.06. The highest BCUT2D eigenvalue weighted by molar-refractivity contribution is 6.24. The molecule has 2 aromatic carbocycles. The first-order valence-corrected chi connectivity index (χ1v) is 10.5. The van der Waals surface area contributed by atoms with Crippen LogP contribution in [0.5, 0.6) is 11.5 Å². The van der Waals surface area contributed by atoms with Gasteiger partial charge in [-0.05, 0) is 31.0 Å². The summed E-state index contributed by atoms with van der Waals surface area (Å²) in [7, 11) is 2.98. The zero-order valence-corrected chi connectivity index (χ0v) is 18.1. The topological polar surface area (TPSA) is 92.8 Å². The number of rotatable bonds is 6. The Morgan fingerprint density at radius 3 is 2.59 bits per heavy atom. The number of aryl methyl sites for hydroxylation is 1. The van der Waals surface area contributed by atoms with Gasteiger partial charge in [0.05, 0.1) is 25.9 Å². The van der Waals surface area contributed by atoms with Crippen LogP contribution in [0.3, 0.4) is 0 Å². The molecule has 168 valence electrons. The molecule has 8 heteroatoms. The van der Waals surface area contributed by atoms with Gasteiger partial charge in [0.15, 0.2) is 30.6 Å². The van der Waals surface area contributed by atoms with Crippen LogP contribution in [0.2, 0.25) is 0 Å². The number of Topliss-reactive ketones (excluding diaryl/α,β-unsaturated/α-hetero) is 2. The van der Waals surface area contributed by atoms with Gasteiger partial charge in [-0.1, -0.05) is 18.2 Å². The lowest BCUT2D eigenvalue weighted by Gasteiger charge is -2.30. The van der Waals surface area contributed by atoms with E-state index in [1.54, 1.807) is 24.3 Å². The molecule has 0 radical (unpaired) electrons. The molecule has 0 bridgehead atoms. The maximum absolute atomic E-state index is 13.8. The molecule has 8 nitrogen and oxygen atoms in total. The maximum Gasteiger partial charge on any atom is 0.203 e. The Bertz CT molecular complexity index is 1090. The molecule has 2 fully saturated rings. The van der Waals surface area contributed by atoms with E-state index in [-0.39, 0.29) is 29.5 Å². The predicted molar refractivity (Wildman–Crippen MR) is 111 cm³/mol. The van der Waals surface area contributed by atoms with Crippen molar-refractivity contribution in [2.75, 3.05) is 34.2 Å². The largest absolute Gasteiger partial charge is 0.496 e. The summed E-state index contributed by atoms with van der Waals surface area (Å²) in [5, 5.41) is 0. The summed E-state index contributed by atoms with van der Waals surface area (Å²) in [5.74, 6) is 0.129. The van der Waals surface area contributed by atoms with Crippen molar-refractivity contribution < 1.29 is 38.0 Å². The number of benzene rings is 2. The molecule has 0 amide bonds. The van der Waals surface area contributed by atoms with Crippen LogP contribution >= 0.6 is 0 Å². The van der Waals surface area contributed by atoms with E-state index in [1.165, 1.54) is 14.2 Å². The Labute approximate surface area is 185 Å². The van der Waals surface area contributed by atoms with Gasteiger partial charge in [0.1, 0.15) is 11.5 Å². The van der Waals surface area contributed by atoms with Crippen LogP contribution in [0.25, 0.3) is 0 Å². The monoisotopic (exact) mass is 440 g/mol. The van der Waals surface area contributed by atoms with Crippen molar-refractivity contribution in [3.63, 3.8) is 0 Å². The van der Waals surface area contributed by atoms with Gasteiger partial charge in [-0.15, -0.1) is 0 Å². The van der Waals surface area contributed by atoms with E-state index in [0.717, 1.165) is 12.0 Å². The summed E-state index contributed by atoms with van der Waals surface area (Å²) < 4.78 is 34.0. The first-order valence-electron chi connectivity index (χ1n) is 10.5. The lowest BCUT2D eigenvalue weighted by Crippen LogP contribution is -2.37. The van der Waals surface area contributed by atoms with Gasteiger partial charge in [-0.25, -0.2) is 0 Å². The van der Waals surface area contributed by atoms with E-state index in [4.69, 9.17) is 28.4 Å². The van der Waals surface area contributed by atoms with Gasteiger partial charge in [0.2, 0.25) is 5.78 Å². The van der Waals surface area contributed by atoms with Crippen LogP contribution in [-0.4, -0.2) is 51.9 Å².